The molecule has 0 aliphatic carbocycles. The van der Waals surface area contributed by atoms with Crippen LogP contribution in [0.15, 0.2) is 54.9 Å². The molecule has 0 fully saturated rings. The van der Waals surface area contributed by atoms with Gasteiger partial charge in [0.25, 0.3) is 0 Å². The van der Waals surface area contributed by atoms with E-state index in [1.807, 2.05) is 0 Å². The molecule has 1 N–H and O–H groups in total. The first kappa shape index (κ1) is 24.6. The normalized spacial score (nSPS) is 10.3. The second-order valence-corrected chi connectivity index (χ2v) is 5.42. The number of benzene rings is 1. The van der Waals surface area contributed by atoms with Crippen molar-refractivity contribution in [3.63, 3.8) is 0 Å². The van der Waals surface area contributed by atoms with Crippen LogP contribution in [0.2, 0.25) is 5.02 Å². The zero-order valence-electron chi connectivity index (χ0n) is 14.6. The molecule has 5 nitrogen and oxygen atoms in total. The Bertz CT molecular complexity index is 778. The van der Waals surface area contributed by atoms with E-state index in [9.17, 15) is 14.0 Å². The zero-order chi connectivity index (χ0) is 19.7. The Hall–Kier alpha value is -2.35. The van der Waals surface area contributed by atoms with Crippen molar-refractivity contribution in [3.8, 4) is 0 Å². The minimum atomic E-state index is -0.761. The van der Waals surface area contributed by atoms with Crippen molar-refractivity contribution in [2.45, 2.75) is 6.42 Å². The Morgan fingerprint density at radius 3 is 2.63 bits per heavy atom. The Labute approximate surface area is 173 Å². The fourth-order valence-corrected chi connectivity index (χ4v) is 2.08. The van der Waals surface area contributed by atoms with Gasteiger partial charge in [-0.1, -0.05) is 36.4 Å². The first-order valence-corrected chi connectivity index (χ1v) is 7.82. The summed E-state index contributed by atoms with van der Waals surface area (Å²) < 4.78 is 17.7. The molecule has 1 aromatic rings. The van der Waals surface area contributed by atoms with Crippen LogP contribution in [-0.4, -0.2) is 25.5 Å². The monoisotopic (exact) mass is 435 g/mol. The van der Waals surface area contributed by atoms with Crippen molar-refractivity contribution >= 4 is 29.1 Å². The maximum absolute atomic E-state index is 13.3. The van der Waals surface area contributed by atoms with Crippen LogP contribution in [0.1, 0.15) is 12.0 Å². The average molecular weight is 436 g/mol. The number of halogens is 2. The minimum absolute atomic E-state index is 0. The number of amides is 1. The maximum atomic E-state index is 13.3. The van der Waals surface area contributed by atoms with Crippen molar-refractivity contribution in [1.82, 2.24) is 5.32 Å². The number of hydrogen-bond donors (Lipinski definition) is 1. The van der Waals surface area contributed by atoms with Crippen molar-refractivity contribution in [3.05, 3.63) is 83.2 Å². The third-order valence-corrected chi connectivity index (χ3v) is 3.52. The van der Waals surface area contributed by atoms with Crippen molar-refractivity contribution < 1.29 is 35.5 Å². The van der Waals surface area contributed by atoms with Crippen molar-refractivity contribution in [2.24, 2.45) is 0 Å². The van der Waals surface area contributed by atoms with Gasteiger partial charge in [-0.3, -0.25) is 11.4 Å². The molecule has 1 radical (unpaired) electrons. The molecule has 1 rings (SSSR count). The number of methoxy groups -OCH3 is 1. The van der Waals surface area contributed by atoms with E-state index in [-0.39, 0.29) is 39.7 Å². The third-order valence-electron chi connectivity index (χ3n) is 3.23. The predicted molar refractivity (Wildman–Crippen MR) is 99.5 cm³/mol. The van der Waals surface area contributed by atoms with E-state index in [0.29, 0.717) is 12.0 Å². The second-order valence-electron chi connectivity index (χ2n) is 5.02. The first-order valence-electron chi connectivity index (χ1n) is 7.44. The van der Waals surface area contributed by atoms with Crippen LogP contribution in [0.3, 0.4) is 0 Å². The summed E-state index contributed by atoms with van der Waals surface area (Å²) in [7, 11) is 1.17. The SMILES string of the molecule is [CH-]=C/C=C(\CC[N-]C(=C)C(=O)NC(=C)C(=O)OC)c1ccc(F)c(Cl)c1.[Co+2]. The zero-order valence-corrected chi connectivity index (χ0v) is 16.4. The van der Waals surface area contributed by atoms with Gasteiger partial charge in [0.2, 0.25) is 5.91 Å². The van der Waals surface area contributed by atoms with Gasteiger partial charge in [0.1, 0.15) is 11.5 Å². The Balaban J connectivity index is 0.00000676. The number of rotatable bonds is 9. The molecule has 0 unspecified atom stereocenters. The van der Waals surface area contributed by atoms with Gasteiger partial charge in [0.05, 0.1) is 12.1 Å². The van der Waals surface area contributed by atoms with Crippen LogP contribution in [0.25, 0.3) is 10.9 Å². The first-order chi connectivity index (χ1) is 12.3. The molecule has 0 aliphatic heterocycles. The summed E-state index contributed by atoms with van der Waals surface area (Å²) >= 11 is 5.79. The van der Waals surface area contributed by atoms with Crippen LogP contribution in [0, 0.1) is 12.4 Å². The minimum Gasteiger partial charge on any atom is -0.680 e. The van der Waals surface area contributed by atoms with E-state index in [1.165, 1.54) is 25.3 Å². The fourth-order valence-electron chi connectivity index (χ4n) is 1.90. The van der Waals surface area contributed by atoms with Gasteiger partial charge < -0.3 is 15.4 Å². The molecular formula is C19H18ClCoFN2O3. The molecule has 0 aliphatic rings. The summed E-state index contributed by atoms with van der Waals surface area (Å²) in [6.07, 6.45) is 3.38. The van der Waals surface area contributed by atoms with Crippen LogP contribution in [0.4, 0.5) is 4.39 Å². The summed E-state index contributed by atoms with van der Waals surface area (Å²) in [6.45, 7) is 12.6. The Morgan fingerprint density at radius 1 is 1.41 bits per heavy atom. The van der Waals surface area contributed by atoms with E-state index in [4.69, 9.17) is 18.2 Å². The number of esters is 1. The average Bonchev–Trinajstić information content (AvgIpc) is 2.62. The number of nitrogens with one attached hydrogen (secondary N) is 1. The number of carbonyl (C=O) groups excluding carboxylic acids is 2. The number of carbonyl (C=O) groups is 2. The molecule has 27 heavy (non-hydrogen) atoms. The van der Waals surface area contributed by atoms with Crippen molar-refractivity contribution in [2.75, 3.05) is 13.7 Å². The Morgan fingerprint density at radius 2 is 2.07 bits per heavy atom. The standard InChI is InChI=1S/C19H18ClFN2O3.Co/c1-5-6-14(15-7-8-17(21)16(20)11-15)9-10-22-12(2)18(24)23-13(3)19(25)26-4;/h1,5-8,11H,2-3,9-10H2,4H3,(H,23,24);/q-2;+2/b14-6+;. The van der Waals surface area contributed by atoms with Crippen LogP contribution in [0.5, 0.6) is 0 Å². The van der Waals surface area contributed by atoms with Gasteiger partial charge in [-0.05, 0) is 17.7 Å². The van der Waals surface area contributed by atoms with Gasteiger partial charge in [-0.15, -0.1) is 18.7 Å². The van der Waals surface area contributed by atoms with E-state index in [2.05, 4.69) is 28.5 Å². The second kappa shape index (κ2) is 12.1. The molecular weight excluding hydrogens is 418 g/mol. The summed E-state index contributed by atoms with van der Waals surface area (Å²) in [5.41, 5.74) is 1.14. The predicted octanol–water partition coefficient (Wildman–Crippen LogP) is 3.93. The largest absolute Gasteiger partial charge is 2.00 e. The van der Waals surface area contributed by atoms with Crippen LogP contribution < -0.4 is 5.32 Å². The summed E-state index contributed by atoms with van der Waals surface area (Å²) in [4.78, 5) is 23.1. The van der Waals surface area contributed by atoms with Crippen molar-refractivity contribution in [1.29, 1.82) is 0 Å². The molecule has 0 spiro atoms. The van der Waals surface area contributed by atoms with Gasteiger partial charge in [0.15, 0.2) is 0 Å². The summed E-state index contributed by atoms with van der Waals surface area (Å²) in [6, 6.07) is 4.30. The molecule has 0 atom stereocenters. The number of nitrogens with zero attached hydrogens (tertiary/aromatic N) is 1. The van der Waals surface area contributed by atoms with Gasteiger partial charge in [-0.2, -0.15) is 0 Å². The fraction of sp³-hybridized carbons (Fsp3) is 0.158. The van der Waals surface area contributed by atoms with Crippen LogP contribution >= 0.6 is 11.6 Å². The molecule has 0 saturated carbocycles. The summed E-state index contributed by atoms with van der Waals surface area (Å²) in [5, 5.41) is 6.28. The maximum Gasteiger partial charge on any atom is 2.00 e. The summed E-state index contributed by atoms with van der Waals surface area (Å²) in [5.74, 6) is -1.95. The third kappa shape index (κ3) is 7.82. The number of ether oxygens (including phenoxy) is 1. The molecule has 145 valence electrons. The van der Waals surface area contributed by atoms with Gasteiger partial charge in [0, 0.05) is 0 Å². The van der Waals surface area contributed by atoms with Gasteiger partial charge in [-0.25, -0.2) is 21.3 Å². The van der Waals surface area contributed by atoms with Crippen LogP contribution in [-0.2, 0) is 31.1 Å². The molecule has 1 aromatic carbocycles. The smallest absolute Gasteiger partial charge is 0.680 e. The molecule has 8 heteroatoms. The molecule has 0 heterocycles. The number of hydrogen-bond acceptors (Lipinski definition) is 3. The topological polar surface area (TPSA) is 69.5 Å². The van der Waals surface area contributed by atoms with Gasteiger partial charge >= 0.3 is 22.7 Å². The van der Waals surface area contributed by atoms with E-state index >= 15 is 0 Å². The molecule has 0 bridgehead atoms. The number of allylic oxidation sites excluding steroid dienone is 2. The molecule has 0 saturated heterocycles. The quantitative estimate of drug-likeness (QED) is 0.276. The molecule has 1 amide bonds. The van der Waals surface area contributed by atoms with E-state index in [1.54, 1.807) is 12.1 Å². The Kier molecular flexibility index (Phi) is 11.1. The van der Waals surface area contributed by atoms with E-state index < -0.39 is 17.7 Å². The molecule has 0 aromatic heterocycles. The van der Waals surface area contributed by atoms with E-state index in [0.717, 1.165) is 5.57 Å².